The summed E-state index contributed by atoms with van der Waals surface area (Å²) in [6.07, 6.45) is 0. The van der Waals surface area contributed by atoms with Gasteiger partial charge in [0.15, 0.2) is 5.69 Å². The van der Waals surface area contributed by atoms with Crippen LogP contribution in [0.3, 0.4) is 0 Å². The Morgan fingerprint density at radius 2 is 2.00 bits per heavy atom. The van der Waals surface area contributed by atoms with Gasteiger partial charge in [-0.2, -0.15) is 5.10 Å². The number of nitrogens with one attached hydrogen (secondary N) is 1. The van der Waals surface area contributed by atoms with Crippen LogP contribution in [0.2, 0.25) is 0 Å². The lowest BCUT2D eigenvalue weighted by Crippen LogP contribution is -2.45. The molecule has 0 spiro atoms. The second-order valence-corrected chi connectivity index (χ2v) is 5.61. The van der Waals surface area contributed by atoms with Crippen LogP contribution in [0, 0.1) is 0 Å². The first-order valence-electron chi connectivity index (χ1n) is 7.52. The molecule has 1 aliphatic heterocycles. The number of benzene rings is 1. The molecule has 2 aromatic rings. The summed E-state index contributed by atoms with van der Waals surface area (Å²) >= 11 is 0. The van der Waals surface area contributed by atoms with Crippen LogP contribution in [0.5, 0.6) is 0 Å². The molecule has 1 atom stereocenters. The molecule has 120 valence electrons. The lowest BCUT2D eigenvalue weighted by molar-refractivity contribution is -0.133. The number of amides is 2. The van der Waals surface area contributed by atoms with Crippen molar-refractivity contribution in [1.82, 2.24) is 14.7 Å². The molecule has 0 fully saturated rings. The number of anilines is 1. The van der Waals surface area contributed by atoms with Crippen LogP contribution in [0.25, 0.3) is 0 Å². The van der Waals surface area contributed by atoms with Gasteiger partial charge < -0.3 is 16.0 Å². The maximum atomic E-state index is 12.3. The van der Waals surface area contributed by atoms with Gasteiger partial charge in [0.1, 0.15) is 0 Å². The Morgan fingerprint density at radius 1 is 1.26 bits per heavy atom. The largest absolute Gasteiger partial charge is 0.334 e. The van der Waals surface area contributed by atoms with E-state index in [9.17, 15) is 9.59 Å². The Kier molecular flexibility index (Phi) is 4.12. The smallest absolute Gasteiger partial charge is 0.276 e. The van der Waals surface area contributed by atoms with E-state index >= 15 is 0 Å². The maximum absolute atomic E-state index is 12.3. The van der Waals surface area contributed by atoms with Crippen LogP contribution < -0.4 is 11.1 Å². The molecule has 3 N–H and O–H groups in total. The molecule has 23 heavy (non-hydrogen) atoms. The topological polar surface area (TPSA) is 93.2 Å². The molecule has 0 aliphatic carbocycles. The molecule has 0 saturated heterocycles. The fourth-order valence-electron chi connectivity index (χ4n) is 2.57. The van der Waals surface area contributed by atoms with Crippen molar-refractivity contribution in [2.45, 2.75) is 26.1 Å². The molecule has 1 unspecified atom stereocenters. The van der Waals surface area contributed by atoms with Gasteiger partial charge in [-0.25, -0.2) is 0 Å². The second-order valence-electron chi connectivity index (χ2n) is 5.61. The Labute approximate surface area is 134 Å². The number of hydrogen-bond donors (Lipinski definition) is 2. The van der Waals surface area contributed by atoms with Gasteiger partial charge in [-0.1, -0.05) is 18.2 Å². The molecular formula is C16H19N5O2. The summed E-state index contributed by atoms with van der Waals surface area (Å²) in [5.74, 6) is -0.351. The average molecular weight is 313 g/mol. The number of nitrogens with two attached hydrogens (primary N) is 1. The number of hydrogen-bond acceptors (Lipinski definition) is 4. The standard InChI is InChI=1S/C16H19N5O2/c1-11(17)16(23)20-7-8-21-13(10-20)9-14(19-21)15(22)18-12-5-3-2-4-6-12/h2-6,9,11H,7-8,10,17H2,1H3,(H,18,22). The molecule has 7 heteroatoms. The molecule has 1 aliphatic rings. The minimum absolute atomic E-state index is 0.0901. The van der Waals surface area contributed by atoms with Gasteiger partial charge >= 0.3 is 0 Å². The van der Waals surface area contributed by atoms with Crippen molar-refractivity contribution in [3.8, 4) is 0 Å². The molecule has 1 aromatic carbocycles. The number of aromatic nitrogens is 2. The highest BCUT2D eigenvalue weighted by Gasteiger charge is 2.25. The van der Waals surface area contributed by atoms with E-state index in [1.165, 1.54) is 0 Å². The molecular weight excluding hydrogens is 294 g/mol. The number of rotatable bonds is 3. The van der Waals surface area contributed by atoms with E-state index in [0.717, 1.165) is 11.4 Å². The van der Waals surface area contributed by atoms with Crippen LogP contribution in [0.1, 0.15) is 23.1 Å². The summed E-state index contributed by atoms with van der Waals surface area (Å²) < 4.78 is 1.77. The van der Waals surface area contributed by atoms with Crippen LogP contribution >= 0.6 is 0 Å². The van der Waals surface area contributed by atoms with Crippen molar-refractivity contribution in [3.05, 3.63) is 47.8 Å². The Balaban J connectivity index is 1.73. The fourth-order valence-corrected chi connectivity index (χ4v) is 2.57. The Morgan fingerprint density at radius 3 is 2.70 bits per heavy atom. The SMILES string of the molecule is CC(N)C(=O)N1CCn2nc(C(=O)Nc3ccccc3)cc2C1. The lowest BCUT2D eigenvalue weighted by Gasteiger charge is -2.28. The molecule has 2 amide bonds. The van der Waals surface area contributed by atoms with Crippen LogP contribution in [-0.2, 0) is 17.9 Å². The predicted molar refractivity (Wildman–Crippen MR) is 85.7 cm³/mol. The van der Waals surface area contributed by atoms with Crippen molar-refractivity contribution >= 4 is 17.5 Å². The van der Waals surface area contributed by atoms with Crippen molar-refractivity contribution in [1.29, 1.82) is 0 Å². The average Bonchev–Trinajstić information content (AvgIpc) is 2.98. The first-order valence-corrected chi connectivity index (χ1v) is 7.52. The minimum atomic E-state index is -0.523. The lowest BCUT2D eigenvalue weighted by atomic mass is 10.2. The third-order valence-corrected chi connectivity index (χ3v) is 3.76. The second kappa shape index (κ2) is 6.21. The van der Waals surface area contributed by atoms with Gasteiger partial charge in [0.05, 0.1) is 24.8 Å². The number of carbonyl (C=O) groups is 2. The van der Waals surface area contributed by atoms with Gasteiger partial charge in [-0.3, -0.25) is 14.3 Å². The summed E-state index contributed by atoms with van der Waals surface area (Å²) in [5.41, 5.74) is 7.55. The highest BCUT2D eigenvalue weighted by molar-refractivity contribution is 6.02. The van der Waals surface area contributed by atoms with Crippen molar-refractivity contribution in [2.24, 2.45) is 5.73 Å². The monoisotopic (exact) mass is 313 g/mol. The number of nitrogens with zero attached hydrogens (tertiary/aromatic N) is 3. The van der Waals surface area contributed by atoms with E-state index in [1.807, 2.05) is 30.3 Å². The van der Waals surface area contributed by atoms with E-state index < -0.39 is 6.04 Å². The molecule has 1 aromatic heterocycles. The van der Waals surface area contributed by atoms with Gasteiger partial charge in [0.25, 0.3) is 5.91 Å². The van der Waals surface area contributed by atoms with E-state index in [2.05, 4.69) is 10.4 Å². The quantitative estimate of drug-likeness (QED) is 0.877. The van der Waals surface area contributed by atoms with Gasteiger partial charge in [-0.15, -0.1) is 0 Å². The van der Waals surface area contributed by atoms with Crippen LogP contribution in [0.15, 0.2) is 36.4 Å². The summed E-state index contributed by atoms with van der Waals surface area (Å²) in [6, 6.07) is 10.4. The zero-order valence-electron chi connectivity index (χ0n) is 12.9. The zero-order valence-corrected chi connectivity index (χ0v) is 12.9. The van der Waals surface area contributed by atoms with Gasteiger partial charge in [0.2, 0.25) is 5.91 Å². The zero-order chi connectivity index (χ0) is 16.4. The van der Waals surface area contributed by atoms with Crippen molar-refractivity contribution < 1.29 is 9.59 Å². The van der Waals surface area contributed by atoms with Crippen molar-refractivity contribution in [2.75, 3.05) is 11.9 Å². The van der Waals surface area contributed by atoms with Crippen LogP contribution in [-0.4, -0.2) is 39.1 Å². The molecule has 0 bridgehead atoms. The fraction of sp³-hybridized carbons (Fsp3) is 0.312. The highest BCUT2D eigenvalue weighted by Crippen LogP contribution is 2.16. The Bertz CT molecular complexity index is 723. The van der Waals surface area contributed by atoms with Gasteiger partial charge in [-0.05, 0) is 25.1 Å². The summed E-state index contributed by atoms with van der Waals surface area (Å²) in [4.78, 5) is 25.9. The van der Waals surface area contributed by atoms with E-state index in [4.69, 9.17) is 5.73 Å². The van der Waals surface area contributed by atoms with Crippen LogP contribution in [0.4, 0.5) is 5.69 Å². The first-order chi connectivity index (χ1) is 11.0. The normalized spacial score (nSPS) is 15.0. The number of carbonyl (C=O) groups excluding carboxylic acids is 2. The number of para-hydroxylation sites is 1. The van der Waals surface area contributed by atoms with E-state index in [1.54, 1.807) is 22.6 Å². The summed E-state index contributed by atoms with van der Waals surface area (Å²) in [6.45, 7) is 3.21. The highest BCUT2D eigenvalue weighted by atomic mass is 16.2. The molecule has 7 nitrogen and oxygen atoms in total. The van der Waals surface area contributed by atoms with Gasteiger partial charge in [0, 0.05) is 12.2 Å². The third kappa shape index (κ3) is 3.24. The molecule has 2 heterocycles. The molecule has 0 saturated carbocycles. The predicted octanol–water partition coefficient (Wildman–Crippen LogP) is 0.825. The first kappa shape index (κ1) is 15.2. The minimum Gasteiger partial charge on any atom is -0.334 e. The summed E-state index contributed by atoms with van der Waals surface area (Å²) in [5, 5.41) is 7.13. The van der Waals surface area contributed by atoms with E-state index in [0.29, 0.717) is 25.3 Å². The number of fused-ring (bicyclic) bond motifs is 1. The van der Waals surface area contributed by atoms with E-state index in [-0.39, 0.29) is 11.8 Å². The van der Waals surface area contributed by atoms with Crippen molar-refractivity contribution in [3.63, 3.8) is 0 Å². The summed E-state index contributed by atoms with van der Waals surface area (Å²) in [7, 11) is 0. The maximum Gasteiger partial charge on any atom is 0.276 e. The Hall–Kier alpha value is -2.67. The molecule has 3 rings (SSSR count). The third-order valence-electron chi connectivity index (χ3n) is 3.76. The molecule has 0 radical (unpaired) electrons.